The molecule has 0 radical (unpaired) electrons. The minimum atomic E-state index is -3.27. The first-order valence-corrected chi connectivity index (χ1v) is 8.28. The van der Waals surface area contributed by atoms with E-state index in [4.69, 9.17) is 0 Å². The van der Waals surface area contributed by atoms with Gasteiger partial charge in [0.25, 0.3) is 5.91 Å². The number of nitrogens with one attached hydrogen (secondary N) is 1. The lowest BCUT2D eigenvalue weighted by molar-refractivity contribution is 0.0958. The third kappa shape index (κ3) is 3.01. The first kappa shape index (κ1) is 14.6. The maximum absolute atomic E-state index is 11.9. The van der Waals surface area contributed by atoms with Gasteiger partial charge in [-0.2, -0.15) is 0 Å². The molecule has 0 aromatic heterocycles. The molecule has 1 aromatic carbocycles. The van der Waals surface area contributed by atoms with Gasteiger partial charge in [-0.05, 0) is 36.6 Å². The number of sulfonamides is 1. The molecule has 108 valence electrons. The van der Waals surface area contributed by atoms with Crippen LogP contribution in [0.3, 0.4) is 0 Å². The van der Waals surface area contributed by atoms with E-state index in [9.17, 15) is 13.2 Å². The third-order valence-electron chi connectivity index (χ3n) is 3.22. The fourth-order valence-electron chi connectivity index (χ4n) is 2.32. The molecule has 0 fully saturated rings. The van der Waals surface area contributed by atoms with Gasteiger partial charge in [0.1, 0.15) is 0 Å². The van der Waals surface area contributed by atoms with Crippen molar-refractivity contribution in [1.29, 1.82) is 0 Å². The molecule has 0 saturated heterocycles. The summed E-state index contributed by atoms with van der Waals surface area (Å²) >= 11 is 0. The van der Waals surface area contributed by atoms with Crippen molar-refractivity contribution in [3.05, 3.63) is 42.0 Å². The van der Waals surface area contributed by atoms with Gasteiger partial charge in [-0.3, -0.25) is 9.10 Å². The number of hydrogen-bond acceptors (Lipinski definition) is 3. The molecule has 6 heteroatoms. The minimum absolute atomic E-state index is 0.177. The van der Waals surface area contributed by atoms with Crippen molar-refractivity contribution in [2.75, 3.05) is 23.7 Å². The second kappa shape index (κ2) is 5.66. The molecule has 1 aromatic rings. The fourth-order valence-corrected chi connectivity index (χ4v) is 3.31. The second-order valence-corrected chi connectivity index (χ2v) is 6.69. The van der Waals surface area contributed by atoms with Crippen LogP contribution in [-0.2, 0) is 16.4 Å². The highest BCUT2D eigenvalue weighted by molar-refractivity contribution is 7.92. The Balaban J connectivity index is 2.32. The van der Waals surface area contributed by atoms with Gasteiger partial charge in [0, 0.05) is 18.7 Å². The van der Waals surface area contributed by atoms with Gasteiger partial charge in [-0.25, -0.2) is 8.42 Å². The fraction of sp³-hybridized carbons (Fsp3) is 0.357. The van der Waals surface area contributed by atoms with Gasteiger partial charge in [0.05, 0.1) is 11.9 Å². The number of carbonyl (C=O) groups is 1. The number of rotatable bonds is 4. The maximum atomic E-state index is 11.9. The summed E-state index contributed by atoms with van der Waals surface area (Å²) in [6.07, 6.45) is 4.36. The van der Waals surface area contributed by atoms with Crippen molar-refractivity contribution in [1.82, 2.24) is 5.32 Å². The number of carbonyl (C=O) groups excluding carboxylic acids is 1. The lowest BCUT2D eigenvalue weighted by atomic mass is 10.0. The average Bonchev–Trinajstić information content (AvgIpc) is 2.42. The van der Waals surface area contributed by atoms with Gasteiger partial charge in [-0.1, -0.05) is 6.08 Å². The molecule has 1 aliphatic heterocycles. The largest absolute Gasteiger partial charge is 0.349 e. The molecule has 0 saturated carbocycles. The van der Waals surface area contributed by atoms with Crippen molar-refractivity contribution in [3.8, 4) is 0 Å². The van der Waals surface area contributed by atoms with Gasteiger partial charge in [0.2, 0.25) is 10.0 Å². The van der Waals surface area contributed by atoms with Crippen molar-refractivity contribution >= 4 is 21.6 Å². The van der Waals surface area contributed by atoms with Gasteiger partial charge < -0.3 is 5.32 Å². The molecule has 20 heavy (non-hydrogen) atoms. The number of benzene rings is 1. The monoisotopic (exact) mass is 294 g/mol. The molecule has 0 bridgehead atoms. The summed E-state index contributed by atoms with van der Waals surface area (Å²) in [5, 5.41) is 2.71. The van der Waals surface area contributed by atoms with E-state index in [0.717, 1.165) is 18.4 Å². The van der Waals surface area contributed by atoms with Crippen LogP contribution in [0.4, 0.5) is 5.69 Å². The second-order valence-electron chi connectivity index (χ2n) is 4.78. The average molecular weight is 294 g/mol. The van der Waals surface area contributed by atoms with E-state index in [1.807, 2.05) is 0 Å². The Hall–Kier alpha value is -1.82. The van der Waals surface area contributed by atoms with Crippen LogP contribution < -0.4 is 9.62 Å². The summed E-state index contributed by atoms with van der Waals surface area (Å²) in [4.78, 5) is 11.9. The molecule has 1 aliphatic rings. The Morgan fingerprint density at radius 3 is 2.90 bits per heavy atom. The summed E-state index contributed by atoms with van der Waals surface area (Å²) in [7, 11) is -3.27. The van der Waals surface area contributed by atoms with Crippen LogP contribution in [0.15, 0.2) is 30.9 Å². The number of anilines is 1. The van der Waals surface area contributed by atoms with Crippen molar-refractivity contribution < 1.29 is 13.2 Å². The van der Waals surface area contributed by atoms with Crippen LogP contribution in [0.25, 0.3) is 0 Å². The topological polar surface area (TPSA) is 66.5 Å². The number of fused-ring (bicyclic) bond motifs is 1. The van der Waals surface area contributed by atoms with Crippen LogP contribution in [-0.4, -0.2) is 33.7 Å². The Bertz CT molecular complexity index is 638. The molecular formula is C14H18N2O3S. The molecule has 5 nitrogen and oxygen atoms in total. The van der Waals surface area contributed by atoms with Crippen LogP contribution in [0.1, 0.15) is 22.3 Å². The Kier molecular flexibility index (Phi) is 4.13. The lowest BCUT2D eigenvalue weighted by Gasteiger charge is -2.29. The predicted molar refractivity (Wildman–Crippen MR) is 79.5 cm³/mol. The highest BCUT2D eigenvalue weighted by Crippen LogP contribution is 2.29. The third-order valence-corrected chi connectivity index (χ3v) is 4.40. The molecule has 0 atom stereocenters. The zero-order valence-electron chi connectivity index (χ0n) is 11.4. The first-order valence-electron chi connectivity index (χ1n) is 6.43. The van der Waals surface area contributed by atoms with E-state index in [-0.39, 0.29) is 5.91 Å². The molecule has 2 rings (SSSR count). The normalized spacial score (nSPS) is 14.6. The Labute approximate surface area is 119 Å². The smallest absolute Gasteiger partial charge is 0.251 e. The highest BCUT2D eigenvalue weighted by atomic mass is 32.2. The van der Waals surface area contributed by atoms with E-state index >= 15 is 0 Å². The summed E-state index contributed by atoms with van der Waals surface area (Å²) < 4.78 is 24.9. The quantitative estimate of drug-likeness (QED) is 0.852. The standard InChI is InChI=1S/C14H18N2O3S/c1-3-8-15-14(17)12-6-7-13-11(10-12)5-4-9-16(13)20(2,18)19/h3,6-7,10H,1,4-5,8-9H2,2H3,(H,15,17). The maximum Gasteiger partial charge on any atom is 0.251 e. The molecular weight excluding hydrogens is 276 g/mol. The van der Waals surface area contributed by atoms with E-state index < -0.39 is 10.0 Å². The SMILES string of the molecule is C=CCNC(=O)c1ccc2c(c1)CCCN2S(C)(=O)=O. The van der Waals surface area contributed by atoms with E-state index in [1.54, 1.807) is 24.3 Å². The van der Waals surface area contributed by atoms with Gasteiger partial charge >= 0.3 is 0 Å². The number of amides is 1. The van der Waals surface area contributed by atoms with Crippen LogP contribution in [0.5, 0.6) is 0 Å². The van der Waals surface area contributed by atoms with E-state index in [0.29, 0.717) is 24.3 Å². The molecule has 1 amide bonds. The van der Waals surface area contributed by atoms with Crippen LogP contribution in [0.2, 0.25) is 0 Å². The van der Waals surface area contributed by atoms with Crippen molar-refractivity contribution in [2.24, 2.45) is 0 Å². The Morgan fingerprint density at radius 1 is 1.50 bits per heavy atom. The van der Waals surface area contributed by atoms with Crippen LogP contribution >= 0.6 is 0 Å². The zero-order valence-corrected chi connectivity index (χ0v) is 12.2. The number of hydrogen-bond donors (Lipinski definition) is 1. The lowest BCUT2D eigenvalue weighted by Crippen LogP contribution is -2.34. The molecule has 0 spiro atoms. The zero-order chi connectivity index (χ0) is 14.8. The highest BCUT2D eigenvalue weighted by Gasteiger charge is 2.24. The molecule has 0 unspecified atom stereocenters. The molecule has 0 aliphatic carbocycles. The summed E-state index contributed by atoms with van der Waals surface area (Å²) in [5.41, 5.74) is 2.12. The van der Waals surface area contributed by atoms with Crippen molar-refractivity contribution in [3.63, 3.8) is 0 Å². The predicted octanol–water partition coefficient (Wildman–Crippen LogP) is 1.31. The van der Waals surface area contributed by atoms with E-state index in [2.05, 4.69) is 11.9 Å². The summed E-state index contributed by atoms with van der Waals surface area (Å²) in [5.74, 6) is -0.177. The molecule has 1 N–H and O–H groups in total. The van der Waals surface area contributed by atoms with Crippen LogP contribution in [0, 0.1) is 0 Å². The Morgan fingerprint density at radius 2 is 2.25 bits per heavy atom. The first-order chi connectivity index (χ1) is 9.43. The number of aryl methyl sites for hydroxylation is 1. The number of nitrogens with zero attached hydrogens (tertiary/aromatic N) is 1. The van der Waals surface area contributed by atoms with E-state index in [1.165, 1.54) is 10.6 Å². The summed E-state index contributed by atoms with van der Waals surface area (Å²) in [6, 6.07) is 5.13. The van der Waals surface area contributed by atoms with Crippen molar-refractivity contribution in [2.45, 2.75) is 12.8 Å². The summed E-state index contributed by atoms with van der Waals surface area (Å²) in [6.45, 7) is 4.45. The van der Waals surface area contributed by atoms with Gasteiger partial charge in [0.15, 0.2) is 0 Å². The minimum Gasteiger partial charge on any atom is -0.349 e. The molecule has 1 heterocycles. The van der Waals surface area contributed by atoms with Gasteiger partial charge in [-0.15, -0.1) is 6.58 Å².